The quantitative estimate of drug-likeness (QED) is 0.646. The van der Waals surface area contributed by atoms with Crippen molar-refractivity contribution in [1.82, 2.24) is 5.32 Å². The van der Waals surface area contributed by atoms with E-state index in [1.165, 1.54) is 43.5 Å². The average Bonchev–Trinajstić information content (AvgIpc) is 2.55. The Hall–Kier alpha value is -2.17. The normalized spacial score (nSPS) is 15.5. The van der Waals surface area contributed by atoms with Gasteiger partial charge in [-0.25, -0.2) is 9.18 Å². The summed E-state index contributed by atoms with van der Waals surface area (Å²) in [4.78, 5) is 23.8. The zero-order valence-electron chi connectivity index (χ0n) is 13.3. The Morgan fingerprint density at radius 3 is 2.87 bits per heavy atom. The van der Waals surface area contributed by atoms with Gasteiger partial charge in [-0.05, 0) is 57.2 Å². The van der Waals surface area contributed by atoms with E-state index >= 15 is 0 Å². The van der Waals surface area contributed by atoms with Crippen LogP contribution < -0.4 is 5.32 Å². The Morgan fingerprint density at radius 1 is 1.35 bits per heavy atom. The van der Waals surface area contributed by atoms with Gasteiger partial charge in [-0.1, -0.05) is 17.7 Å². The van der Waals surface area contributed by atoms with Crippen LogP contribution in [0, 0.1) is 5.82 Å². The van der Waals surface area contributed by atoms with E-state index in [-0.39, 0.29) is 11.5 Å². The number of carbonyl (C=O) groups is 2. The second-order valence-electron chi connectivity index (χ2n) is 5.71. The number of benzene rings is 1. The Bertz CT molecular complexity index is 598. The van der Waals surface area contributed by atoms with Crippen LogP contribution in [0.1, 0.15) is 49.4 Å². The summed E-state index contributed by atoms with van der Waals surface area (Å²) in [5.74, 6) is -1.56. The topological polar surface area (TPSA) is 55.4 Å². The Labute approximate surface area is 135 Å². The molecule has 1 aromatic rings. The van der Waals surface area contributed by atoms with Crippen molar-refractivity contribution >= 4 is 11.9 Å². The van der Waals surface area contributed by atoms with Crippen molar-refractivity contribution < 1.29 is 18.7 Å². The molecule has 0 unspecified atom stereocenters. The van der Waals surface area contributed by atoms with Crippen molar-refractivity contribution in [2.45, 2.75) is 45.1 Å². The van der Waals surface area contributed by atoms with E-state index in [1.807, 2.05) is 0 Å². The molecule has 0 saturated heterocycles. The molecule has 0 aromatic heterocycles. The van der Waals surface area contributed by atoms with Gasteiger partial charge in [0.2, 0.25) is 0 Å². The van der Waals surface area contributed by atoms with E-state index in [0.29, 0.717) is 6.54 Å². The Kier molecular flexibility index (Phi) is 6.32. The predicted molar refractivity (Wildman–Crippen MR) is 85.5 cm³/mol. The van der Waals surface area contributed by atoms with Gasteiger partial charge in [-0.2, -0.15) is 0 Å². The lowest BCUT2D eigenvalue weighted by Crippen LogP contribution is -2.36. The van der Waals surface area contributed by atoms with Gasteiger partial charge < -0.3 is 10.1 Å². The van der Waals surface area contributed by atoms with Gasteiger partial charge in [0.1, 0.15) is 5.82 Å². The fourth-order valence-corrected chi connectivity index (χ4v) is 2.52. The number of hydrogen-bond acceptors (Lipinski definition) is 3. The number of amides is 1. The van der Waals surface area contributed by atoms with Gasteiger partial charge in [-0.3, -0.25) is 4.79 Å². The summed E-state index contributed by atoms with van der Waals surface area (Å²) >= 11 is 0. The maximum Gasteiger partial charge on any atom is 0.339 e. The molecule has 1 N–H and O–H groups in total. The number of carbonyl (C=O) groups excluding carboxylic acids is 2. The molecule has 0 bridgehead atoms. The molecule has 0 radical (unpaired) electrons. The first-order valence-corrected chi connectivity index (χ1v) is 7.98. The monoisotopic (exact) mass is 319 g/mol. The van der Waals surface area contributed by atoms with Crippen LogP contribution in [0.15, 0.2) is 35.9 Å². The van der Waals surface area contributed by atoms with Crippen LogP contribution >= 0.6 is 0 Å². The summed E-state index contributed by atoms with van der Waals surface area (Å²) in [5.41, 5.74) is 1.47. The molecule has 0 heterocycles. The lowest BCUT2D eigenvalue weighted by atomic mass is 9.97. The third kappa shape index (κ3) is 5.51. The SMILES string of the molecule is C[C@@H](OC(=O)c1cccc(F)c1)C(=O)NCCC1=CCCCC1. The van der Waals surface area contributed by atoms with Crippen molar-refractivity contribution in [1.29, 1.82) is 0 Å². The molecule has 0 spiro atoms. The highest BCUT2D eigenvalue weighted by Gasteiger charge is 2.19. The third-order valence-corrected chi connectivity index (χ3v) is 3.84. The van der Waals surface area contributed by atoms with Gasteiger partial charge in [0, 0.05) is 6.54 Å². The molecule has 0 aliphatic heterocycles. The summed E-state index contributed by atoms with van der Waals surface area (Å²) < 4.78 is 18.1. The van der Waals surface area contributed by atoms with Gasteiger partial charge in [-0.15, -0.1) is 0 Å². The summed E-state index contributed by atoms with van der Waals surface area (Å²) in [6.45, 7) is 2.04. The Morgan fingerprint density at radius 2 is 2.17 bits per heavy atom. The van der Waals surface area contributed by atoms with Gasteiger partial charge >= 0.3 is 5.97 Å². The fourth-order valence-electron chi connectivity index (χ4n) is 2.52. The number of allylic oxidation sites excluding steroid dienone is 1. The van der Waals surface area contributed by atoms with Crippen molar-refractivity contribution in [2.24, 2.45) is 0 Å². The second-order valence-corrected chi connectivity index (χ2v) is 5.71. The van der Waals surface area contributed by atoms with Crippen LogP contribution in [-0.4, -0.2) is 24.5 Å². The molecule has 124 valence electrons. The molecule has 1 aliphatic rings. The fraction of sp³-hybridized carbons (Fsp3) is 0.444. The lowest BCUT2D eigenvalue weighted by molar-refractivity contribution is -0.129. The molecule has 1 amide bonds. The first-order valence-electron chi connectivity index (χ1n) is 7.98. The van der Waals surface area contributed by atoms with E-state index in [9.17, 15) is 14.0 Å². The van der Waals surface area contributed by atoms with E-state index < -0.39 is 17.9 Å². The maximum atomic E-state index is 13.1. The van der Waals surface area contributed by atoms with E-state index in [0.717, 1.165) is 25.3 Å². The molecule has 0 fully saturated rings. The van der Waals surface area contributed by atoms with Crippen LogP contribution in [-0.2, 0) is 9.53 Å². The Balaban J connectivity index is 1.76. The standard InChI is InChI=1S/C18H22FNO3/c1-13(23-18(22)15-8-5-9-16(19)12-15)17(21)20-11-10-14-6-3-2-4-7-14/h5-6,8-9,12-13H,2-4,7,10-11H2,1H3,(H,20,21)/t13-/m1/s1. The van der Waals surface area contributed by atoms with E-state index in [2.05, 4.69) is 11.4 Å². The van der Waals surface area contributed by atoms with E-state index in [1.54, 1.807) is 0 Å². The highest BCUT2D eigenvalue weighted by molar-refractivity contribution is 5.92. The molecule has 2 rings (SSSR count). The smallest absolute Gasteiger partial charge is 0.339 e. The van der Waals surface area contributed by atoms with E-state index in [4.69, 9.17) is 4.74 Å². The minimum absolute atomic E-state index is 0.0945. The first-order chi connectivity index (χ1) is 11.1. The molecule has 1 atom stereocenters. The van der Waals surface area contributed by atoms with Gasteiger partial charge in [0.15, 0.2) is 6.10 Å². The molecule has 1 aliphatic carbocycles. The largest absolute Gasteiger partial charge is 0.449 e. The predicted octanol–water partition coefficient (Wildman–Crippen LogP) is 3.38. The zero-order valence-corrected chi connectivity index (χ0v) is 13.3. The molecule has 5 heteroatoms. The van der Waals surface area contributed by atoms with Crippen LogP contribution in [0.2, 0.25) is 0 Å². The molecule has 1 aromatic carbocycles. The summed E-state index contributed by atoms with van der Waals surface area (Å²) in [6, 6.07) is 5.20. The number of hydrogen-bond donors (Lipinski definition) is 1. The van der Waals surface area contributed by atoms with Crippen LogP contribution in [0.5, 0.6) is 0 Å². The molecular weight excluding hydrogens is 297 g/mol. The highest BCUT2D eigenvalue weighted by Crippen LogP contribution is 2.19. The maximum absolute atomic E-state index is 13.1. The third-order valence-electron chi connectivity index (χ3n) is 3.84. The summed E-state index contributed by atoms with van der Waals surface area (Å²) in [6.07, 6.45) is 6.82. The van der Waals surface area contributed by atoms with Crippen molar-refractivity contribution in [3.05, 3.63) is 47.3 Å². The first kappa shape index (κ1) is 17.2. The van der Waals surface area contributed by atoms with Gasteiger partial charge in [0.25, 0.3) is 5.91 Å². The van der Waals surface area contributed by atoms with Crippen LogP contribution in [0.25, 0.3) is 0 Å². The zero-order chi connectivity index (χ0) is 16.7. The number of nitrogens with one attached hydrogen (secondary N) is 1. The average molecular weight is 319 g/mol. The highest BCUT2D eigenvalue weighted by atomic mass is 19.1. The van der Waals surface area contributed by atoms with Crippen molar-refractivity contribution in [3.63, 3.8) is 0 Å². The minimum atomic E-state index is -0.911. The number of rotatable bonds is 6. The van der Waals surface area contributed by atoms with Crippen molar-refractivity contribution in [3.8, 4) is 0 Å². The molecule has 0 saturated carbocycles. The lowest BCUT2D eigenvalue weighted by Gasteiger charge is -2.15. The number of ether oxygens (including phenoxy) is 1. The number of halogens is 1. The minimum Gasteiger partial charge on any atom is -0.449 e. The summed E-state index contributed by atoms with van der Waals surface area (Å²) in [7, 11) is 0. The molecule has 4 nitrogen and oxygen atoms in total. The van der Waals surface area contributed by atoms with Gasteiger partial charge in [0.05, 0.1) is 5.56 Å². The summed E-state index contributed by atoms with van der Waals surface area (Å²) in [5, 5.41) is 2.77. The second kappa shape index (κ2) is 8.46. The molecular formula is C18H22FNO3. The molecule has 23 heavy (non-hydrogen) atoms. The number of esters is 1. The van der Waals surface area contributed by atoms with Crippen LogP contribution in [0.3, 0.4) is 0 Å². The van der Waals surface area contributed by atoms with Crippen LogP contribution in [0.4, 0.5) is 4.39 Å². The van der Waals surface area contributed by atoms with Crippen molar-refractivity contribution in [2.75, 3.05) is 6.54 Å².